The van der Waals surface area contributed by atoms with Gasteiger partial charge in [0.05, 0.1) is 7.11 Å². The first-order valence-corrected chi connectivity index (χ1v) is 7.97. The van der Waals surface area contributed by atoms with Crippen LogP contribution in [0.25, 0.3) is 6.08 Å². The summed E-state index contributed by atoms with van der Waals surface area (Å²) in [7, 11) is 1.61. The summed E-state index contributed by atoms with van der Waals surface area (Å²) in [5.41, 5.74) is 2.62. The molecule has 6 heteroatoms. The monoisotopic (exact) mass is 360 g/mol. The molecule has 24 heavy (non-hydrogen) atoms. The van der Waals surface area contributed by atoms with Crippen LogP contribution < -0.4 is 15.4 Å². The van der Waals surface area contributed by atoms with E-state index >= 15 is 0 Å². The van der Waals surface area contributed by atoms with Crippen LogP contribution in [0, 0.1) is 6.92 Å². The van der Waals surface area contributed by atoms with Crippen LogP contribution in [0.2, 0.25) is 5.02 Å². The van der Waals surface area contributed by atoms with E-state index in [9.17, 15) is 4.79 Å². The maximum atomic E-state index is 11.9. The number of carbonyl (C=O) groups excluding carboxylic acids is 1. The Morgan fingerprint density at radius 3 is 2.58 bits per heavy atom. The van der Waals surface area contributed by atoms with Gasteiger partial charge in [0.25, 0.3) is 0 Å². The predicted octanol–water partition coefficient (Wildman–Crippen LogP) is 4.18. The molecule has 0 aromatic heterocycles. The first kappa shape index (κ1) is 18.0. The Hall–Kier alpha value is -2.37. The highest BCUT2D eigenvalue weighted by Gasteiger charge is 2.04. The molecule has 2 aromatic rings. The minimum atomic E-state index is -0.317. The summed E-state index contributed by atoms with van der Waals surface area (Å²) in [6.07, 6.45) is 3.11. The van der Waals surface area contributed by atoms with Gasteiger partial charge in [-0.1, -0.05) is 29.8 Å². The largest absolute Gasteiger partial charge is 0.497 e. The number of carbonyl (C=O) groups is 1. The maximum Gasteiger partial charge on any atom is 0.250 e. The molecule has 0 bridgehead atoms. The zero-order valence-corrected chi connectivity index (χ0v) is 14.9. The van der Waals surface area contributed by atoms with E-state index in [2.05, 4.69) is 10.6 Å². The molecule has 0 atom stereocenters. The van der Waals surface area contributed by atoms with Crippen LogP contribution in [-0.4, -0.2) is 18.1 Å². The summed E-state index contributed by atoms with van der Waals surface area (Å²) in [5.74, 6) is 0.446. The fourth-order valence-electron chi connectivity index (χ4n) is 1.92. The molecular weight excluding hydrogens is 344 g/mol. The van der Waals surface area contributed by atoms with Gasteiger partial charge in [-0.25, -0.2) is 0 Å². The number of methoxy groups -OCH3 is 1. The van der Waals surface area contributed by atoms with Crippen molar-refractivity contribution in [1.82, 2.24) is 5.32 Å². The highest BCUT2D eigenvalue weighted by atomic mass is 35.5. The van der Waals surface area contributed by atoms with Gasteiger partial charge in [-0.3, -0.25) is 10.1 Å². The molecule has 0 aliphatic rings. The third kappa shape index (κ3) is 5.37. The van der Waals surface area contributed by atoms with Gasteiger partial charge in [0.2, 0.25) is 5.91 Å². The normalized spacial score (nSPS) is 10.5. The number of aryl methyl sites for hydroxylation is 1. The second kappa shape index (κ2) is 8.47. The zero-order valence-electron chi connectivity index (χ0n) is 13.3. The molecule has 0 aliphatic heterocycles. The number of rotatable bonds is 4. The minimum Gasteiger partial charge on any atom is -0.497 e. The molecule has 0 heterocycles. The second-order valence-electron chi connectivity index (χ2n) is 5.01. The van der Waals surface area contributed by atoms with Crippen LogP contribution in [0.3, 0.4) is 0 Å². The summed E-state index contributed by atoms with van der Waals surface area (Å²) < 4.78 is 5.08. The van der Waals surface area contributed by atoms with Crippen molar-refractivity contribution < 1.29 is 9.53 Å². The Labute approximate surface area is 151 Å². The van der Waals surface area contributed by atoms with E-state index in [4.69, 9.17) is 28.6 Å². The van der Waals surface area contributed by atoms with Crippen molar-refractivity contribution in [2.45, 2.75) is 6.92 Å². The van der Waals surface area contributed by atoms with Crippen molar-refractivity contribution >= 4 is 46.6 Å². The van der Waals surface area contributed by atoms with E-state index in [1.807, 2.05) is 37.3 Å². The number of anilines is 1. The standard InChI is InChI=1S/C18H17ClN2O2S/c1-12-3-7-14(19)11-16(12)20-18(24)21-17(22)10-6-13-4-8-15(23-2)9-5-13/h3-11H,1-2H3,(H2,20,21,22,24)/b10-6+. The molecule has 2 N–H and O–H groups in total. The number of nitrogens with one attached hydrogen (secondary N) is 2. The molecule has 0 saturated heterocycles. The Bertz CT molecular complexity index is 773. The van der Waals surface area contributed by atoms with Crippen LogP contribution in [0.1, 0.15) is 11.1 Å². The highest BCUT2D eigenvalue weighted by molar-refractivity contribution is 7.80. The summed E-state index contributed by atoms with van der Waals surface area (Å²) in [5, 5.41) is 6.36. The summed E-state index contributed by atoms with van der Waals surface area (Å²) in [6, 6.07) is 12.8. The van der Waals surface area contributed by atoms with E-state index in [-0.39, 0.29) is 11.0 Å². The van der Waals surface area contributed by atoms with Gasteiger partial charge in [-0.2, -0.15) is 0 Å². The van der Waals surface area contributed by atoms with Crippen LogP contribution >= 0.6 is 23.8 Å². The van der Waals surface area contributed by atoms with Crippen LogP contribution in [0.5, 0.6) is 5.75 Å². The molecule has 0 radical (unpaired) electrons. The lowest BCUT2D eigenvalue weighted by Crippen LogP contribution is -2.33. The van der Waals surface area contributed by atoms with E-state index in [1.165, 1.54) is 6.08 Å². The second-order valence-corrected chi connectivity index (χ2v) is 5.85. The third-order valence-corrected chi connectivity index (χ3v) is 3.67. The van der Waals surface area contributed by atoms with Gasteiger partial charge >= 0.3 is 0 Å². The van der Waals surface area contributed by atoms with E-state index in [0.717, 1.165) is 22.6 Å². The van der Waals surface area contributed by atoms with Crippen LogP contribution in [0.15, 0.2) is 48.5 Å². The van der Waals surface area contributed by atoms with Crippen molar-refractivity contribution in [2.24, 2.45) is 0 Å². The van der Waals surface area contributed by atoms with E-state index in [0.29, 0.717) is 5.02 Å². The Morgan fingerprint density at radius 1 is 1.21 bits per heavy atom. The predicted molar refractivity (Wildman–Crippen MR) is 103 cm³/mol. The molecule has 124 valence electrons. The van der Waals surface area contributed by atoms with Crippen LogP contribution in [-0.2, 0) is 4.79 Å². The number of thiocarbonyl (C=S) groups is 1. The number of halogens is 1. The van der Waals surface area contributed by atoms with E-state index in [1.54, 1.807) is 25.3 Å². The molecule has 1 amide bonds. The van der Waals surface area contributed by atoms with Crippen molar-refractivity contribution in [3.8, 4) is 5.75 Å². The average Bonchev–Trinajstić information content (AvgIpc) is 2.56. The number of hydrogen-bond donors (Lipinski definition) is 2. The third-order valence-electron chi connectivity index (χ3n) is 3.23. The lowest BCUT2D eigenvalue weighted by atomic mass is 10.2. The quantitative estimate of drug-likeness (QED) is 0.634. The van der Waals surface area contributed by atoms with Gasteiger partial charge in [0.1, 0.15) is 5.75 Å². The summed E-state index contributed by atoms with van der Waals surface area (Å²) in [4.78, 5) is 11.9. The van der Waals surface area contributed by atoms with E-state index < -0.39 is 0 Å². The lowest BCUT2D eigenvalue weighted by molar-refractivity contribution is -0.115. The molecule has 0 aliphatic carbocycles. The number of benzene rings is 2. The number of hydrogen-bond acceptors (Lipinski definition) is 3. The average molecular weight is 361 g/mol. The SMILES string of the molecule is COc1ccc(/C=C/C(=O)NC(=S)Nc2cc(Cl)ccc2C)cc1. The minimum absolute atomic E-state index is 0.213. The van der Waals surface area contributed by atoms with Crippen molar-refractivity contribution in [1.29, 1.82) is 0 Å². The molecule has 0 fully saturated rings. The fourth-order valence-corrected chi connectivity index (χ4v) is 2.31. The summed E-state index contributed by atoms with van der Waals surface area (Å²) >= 11 is 11.1. The van der Waals surface area contributed by atoms with Crippen LogP contribution in [0.4, 0.5) is 5.69 Å². The van der Waals surface area contributed by atoms with Crippen molar-refractivity contribution in [3.63, 3.8) is 0 Å². The smallest absolute Gasteiger partial charge is 0.250 e. The molecule has 0 spiro atoms. The molecule has 0 saturated carbocycles. The Morgan fingerprint density at radius 2 is 1.92 bits per heavy atom. The molecule has 2 aromatic carbocycles. The number of ether oxygens (including phenoxy) is 1. The molecular formula is C18H17ClN2O2S. The Balaban J connectivity index is 1.92. The molecule has 2 rings (SSSR count). The van der Waals surface area contributed by atoms with Gasteiger partial charge in [-0.15, -0.1) is 0 Å². The molecule has 4 nitrogen and oxygen atoms in total. The maximum absolute atomic E-state index is 11.9. The van der Waals surface area contributed by atoms with Gasteiger partial charge in [0.15, 0.2) is 5.11 Å². The fraction of sp³-hybridized carbons (Fsp3) is 0.111. The van der Waals surface area contributed by atoms with Gasteiger partial charge < -0.3 is 10.1 Å². The summed E-state index contributed by atoms with van der Waals surface area (Å²) in [6.45, 7) is 1.92. The first-order valence-electron chi connectivity index (χ1n) is 7.18. The van der Waals surface area contributed by atoms with Crippen molar-refractivity contribution in [2.75, 3.05) is 12.4 Å². The van der Waals surface area contributed by atoms with Gasteiger partial charge in [0, 0.05) is 16.8 Å². The topological polar surface area (TPSA) is 50.4 Å². The van der Waals surface area contributed by atoms with Crippen molar-refractivity contribution in [3.05, 3.63) is 64.7 Å². The highest BCUT2D eigenvalue weighted by Crippen LogP contribution is 2.20. The van der Waals surface area contributed by atoms with Gasteiger partial charge in [-0.05, 0) is 60.6 Å². The molecule has 0 unspecified atom stereocenters. The zero-order chi connectivity index (χ0) is 17.5. The first-order chi connectivity index (χ1) is 11.5. The number of amides is 1. The Kier molecular flexibility index (Phi) is 6.35. The lowest BCUT2D eigenvalue weighted by Gasteiger charge is -2.11.